The highest BCUT2D eigenvalue weighted by Gasteiger charge is 2.33. The van der Waals surface area contributed by atoms with Crippen LogP contribution in [0.5, 0.6) is 0 Å². The zero-order chi connectivity index (χ0) is 14.5. The van der Waals surface area contributed by atoms with E-state index in [0.717, 1.165) is 25.6 Å². The number of likely N-dealkylation sites (tertiary alicyclic amines) is 1. The van der Waals surface area contributed by atoms with E-state index in [4.69, 9.17) is 0 Å². The summed E-state index contributed by atoms with van der Waals surface area (Å²) in [5, 5.41) is 12.6. The third-order valence-corrected chi connectivity index (χ3v) is 4.29. The normalized spacial score (nSPS) is 21.5. The maximum Gasteiger partial charge on any atom is 0.323 e. The molecule has 0 aromatic carbocycles. The number of hydrogen-bond acceptors (Lipinski definition) is 3. The Morgan fingerprint density at radius 2 is 2.00 bits per heavy atom. The minimum atomic E-state index is -0.810. The van der Waals surface area contributed by atoms with Gasteiger partial charge in [-0.3, -0.25) is 10.1 Å². The molecule has 0 bridgehead atoms. The van der Waals surface area contributed by atoms with Crippen molar-refractivity contribution in [2.45, 2.75) is 65.0 Å². The van der Waals surface area contributed by atoms with Crippen LogP contribution in [0, 0.1) is 5.92 Å². The molecule has 2 N–H and O–H groups in total. The topological polar surface area (TPSA) is 52.6 Å². The molecular formula is C15H30N2O2. The van der Waals surface area contributed by atoms with Crippen LogP contribution in [-0.2, 0) is 4.79 Å². The summed E-state index contributed by atoms with van der Waals surface area (Å²) in [6.07, 6.45) is 4.46. The Balaban J connectivity index is 2.42. The number of carboxylic acids is 1. The van der Waals surface area contributed by atoms with Crippen LogP contribution >= 0.6 is 0 Å². The van der Waals surface area contributed by atoms with E-state index in [1.54, 1.807) is 6.92 Å². The van der Waals surface area contributed by atoms with Crippen molar-refractivity contribution in [1.82, 2.24) is 10.2 Å². The highest BCUT2D eigenvalue weighted by atomic mass is 16.4. The Morgan fingerprint density at radius 3 is 2.42 bits per heavy atom. The molecule has 1 fully saturated rings. The Hall–Kier alpha value is -0.610. The first-order chi connectivity index (χ1) is 8.87. The molecule has 0 aliphatic carbocycles. The Morgan fingerprint density at radius 1 is 1.42 bits per heavy atom. The molecule has 1 aliphatic heterocycles. The third-order valence-electron chi connectivity index (χ3n) is 4.29. The summed E-state index contributed by atoms with van der Waals surface area (Å²) in [5.41, 5.74) is -0.810. The van der Waals surface area contributed by atoms with Crippen LogP contribution < -0.4 is 5.32 Å². The highest BCUT2D eigenvalue weighted by molar-refractivity contribution is 5.78. The van der Waals surface area contributed by atoms with Crippen molar-refractivity contribution < 1.29 is 9.90 Å². The van der Waals surface area contributed by atoms with Crippen molar-refractivity contribution in [2.24, 2.45) is 5.92 Å². The van der Waals surface area contributed by atoms with Crippen LogP contribution in [0.3, 0.4) is 0 Å². The second-order valence-electron chi connectivity index (χ2n) is 6.38. The number of rotatable bonds is 7. The molecule has 1 atom stereocenters. The molecule has 1 aliphatic rings. The summed E-state index contributed by atoms with van der Waals surface area (Å²) in [6.45, 7) is 11.2. The van der Waals surface area contributed by atoms with E-state index in [-0.39, 0.29) is 6.04 Å². The lowest BCUT2D eigenvalue weighted by molar-refractivity contribution is -0.145. The molecule has 19 heavy (non-hydrogen) atoms. The molecule has 1 saturated heterocycles. The molecule has 1 rings (SSSR count). The Labute approximate surface area is 117 Å². The third kappa shape index (κ3) is 5.11. The fourth-order valence-electron chi connectivity index (χ4n) is 2.88. The van der Waals surface area contributed by atoms with Crippen molar-refractivity contribution in [3.63, 3.8) is 0 Å². The number of piperidine rings is 1. The van der Waals surface area contributed by atoms with Gasteiger partial charge in [0.1, 0.15) is 5.54 Å². The van der Waals surface area contributed by atoms with Crippen LogP contribution in [0.2, 0.25) is 0 Å². The van der Waals surface area contributed by atoms with Gasteiger partial charge >= 0.3 is 5.97 Å². The van der Waals surface area contributed by atoms with Crippen LogP contribution in [0.25, 0.3) is 0 Å². The minimum Gasteiger partial charge on any atom is -0.480 e. The van der Waals surface area contributed by atoms with Gasteiger partial charge in [-0.1, -0.05) is 13.3 Å². The predicted molar refractivity (Wildman–Crippen MR) is 78.4 cm³/mol. The molecule has 1 unspecified atom stereocenters. The summed E-state index contributed by atoms with van der Waals surface area (Å²) >= 11 is 0. The average molecular weight is 270 g/mol. The molecule has 4 heteroatoms. The van der Waals surface area contributed by atoms with E-state index < -0.39 is 11.5 Å². The van der Waals surface area contributed by atoms with E-state index in [1.165, 1.54) is 19.3 Å². The monoisotopic (exact) mass is 270 g/mol. The number of nitrogens with zero attached hydrogens (tertiary/aromatic N) is 1. The Kier molecular flexibility index (Phi) is 6.27. The summed E-state index contributed by atoms with van der Waals surface area (Å²) in [7, 11) is 0. The summed E-state index contributed by atoms with van der Waals surface area (Å²) in [5.74, 6) is 0.126. The van der Waals surface area contributed by atoms with Crippen molar-refractivity contribution in [3.05, 3.63) is 0 Å². The number of hydrogen-bond donors (Lipinski definition) is 2. The molecule has 0 amide bonds. The Bertz CT molecular complexity index is 286. The molecule has 4 nitrogen and oxygen atoms in total. The number of carboxylic acid groups (broad SMARTS) is 1. The SMILES string of the molecule is CCC1CCN(CCC(C)(NC(C)C)C(=O)O)CC1. The van der Waals surface area contributed by atoms with E-state index in [0.29, 0.717) is 6.42 Å². The van der Waals surface area contributed by atoms with Crippen LogP contribution in [-0.4, -0.2) is 47.2 Å². The molecule has 0 spiro atoms. The standard InChI is InChI=1S/C15H30N2O2/c1-5-13-6-9-17(10-7-13)11-8-15(4,14(18)19)16-12(2)3/h12-13,16H,5-11H2,1-4H3,(H,18,19). The van der Waals surface area contributed by atoms with Gasteiger partial charge in [-0.2, -0.15) is 0 Å². The van der Waals surface area contributed by atoms with Gasteiger partial charge in [0.25, 0.3) is 0 Å². The zero-order valence-corrected chi connectivity index (χ0v) is 12.9. The smallest absolute Gasteiger partial charge is 0.323 e. The average Bonchev–Trinajstić information content (AvgIpc) is 2.36. The van der Waals surface area contributed by atoms with Crippen molar-refractivity contribution in [2.75, 3.05) is 19.6 Å². The fraction of sp³-hybridized carbons (Fsp3) is 0.933. The van der Waals surface area contributed by atoms with Crippen molar-refractivity contribution in [3.8, 4) is 0 Å². The summed E-state index contributed by atoms with van der Waals surface area (Å²) in [4.78, 5) is 13.9. The van der Waals surface area contributed by atoms with E-state index in [9.17, 15) is 9.90 Å². The van der Waals surface area contributed by atoms with Gasteiger partial charge in [0.15, 0.2) is 0 Å². The molecular weight excluding hydrogens is 240 g/mol. The zero-order valence-electron chi connectivity index (χ0n) is 12.9. The molecule has 1 heterocycles. The summed E-state index contributed by atoms with van der Waals surface area (Å²) in [6, 6.07) is 0.187. The van der Waals surface area contributed by atoms with Gasteiger partial charge in [0.05, 0.1) is 0 Å². The number of nitrogens with one attached hydrogen (secondary N) is 1. The van der Waals surface area contributed by atoms with Crippen LogP contribution in [0.4, 0.5) is 0 Å². The number of carbonyl (C=O) groups is 1. The summed E-state index contributed by atoms with van der Waals surface area (Å²) < 4.78 is 0. The second kappa shape index (κ2) is 7.25. The van der Waals surface area contributed by atoms with E-state index >= 15 is 0 Å². The van der Waals surface area contributed by atoms with Gasteiger partial charge in [0.2, 0.25) is 0 Å². The van der Waals surface area contributed by atoms with Gasteiger partial charge in [-0.15, -0.1) is 0 Å². The largest absolute Gasteiger partial charge is 0.480 e. The highest BCUT2D eigenvalue weighted by Crippen LogP contribution is 2.21. The molecule has 0 aromatic rings. The van der Waals surface area contributed by atoms with Crippen molar-refractivity contribution in [1.29, 1.82) is 0 Å². The second-order valence-corrected chi connectivity index (χ2v) is 6.38. The molecule has 0 aromatic heterocycles. The van der Waals surface area contributed by atoms with Crippen molar-refractivity contribution >= 4 is 5.97 Å². The maximum atomic E-state index is 11.4. The minimum absolute atomic E-state index is 0.187. The first-order valence-electron chi connectivity index (χ1n) is 7.61. The first-order valence-corrected chi connectivity index (χ1v) is 7.61. The molecule has 0 saturated carbocycles. The van der Waals surface area contributed by atoms with Crippen LogP contribution in [0.15, 0.2) is 0 Å². The van der Waals surface area contributed by atoms with Gasteiger partial charge in [-0.05, 0) is 59.0 Å². The number of aliphatic carboxylic acids is 1. The van der Waals surface area contributed by atoms with Gasteiger partial charge in [0, 0.05) is 12.6 Å². The molecule has 112 valence electrons. The first kappa shape index (κ1) is 16.4. The predicted octanol–water partition coefficient (Wildman–Crippen LogP) is 2.34. The van der Waals surface area contributed by atoms with E-state index in [2.05, 4.69) is 17.1 Å². The van der Waals surface area contributed by atoms with Crippen LogP contribution in [0.1, 0.15) is 53.4 Å². The maximum absolute atomic E-state index is 11.4. The van der Waals surface area contributed by atoms with Gasteiger partial charge in [-0.25, -0.2) is 0 Å². The lowest BCUT2D eigenvalue weighted by atomic mass is 9.92. The lowest BCUT2D eigenvalue weighted by Gasteiger charge is -2.35. The fourth-order valence-corrected chi connectivity index (χ4v) is 2.88. The lowest BCUT2D eigenvalue weighted by Crippen LogP contribution is -2.54. The quantitative estimate of drug-likeness (QED) is 0.745. The van der Waals surface area contributed by atoms with Gasteiger partial charge < -0.3 is 10.0 Å². The molecule has 0 radical (unpaired) electrons. The van der Waals surface area contributed by atoms with E-state index in [1.807, 2.05) is 13.8 Å².